The van der Waals surface area contributed by atoms with Gasteiger partial charge < -0.3 is 14.2 Å². The topological polar surface area (TPSA) is 60.4 Å². The van der Waals surface area contributed by atoms with Crippen LogP contribution in [0.4, 0.5) is 10.1 Å². The SMILES string of the molecule is COc1ccc(N2C(=O)/C(=C\c3ccc(OC)c(OC)c3)N=C2c2ccccc2F)cc1. The maximum Gasteiger partial charge on any atom is 0.282 e. The summed E-state index contributed by atoms with van der Waals surface area (Å²) in [5.74, 6) is 1.12. The molecule has 0 aromatic heterocycles. The summed E-state index contributed by atoms with van der Waals surface area (Å²) >= 11 is 0. The van der Waals surface area contributed by atoms with Crippen molar-refractivity contribution in [1.82, 2.24) is 0 Å². The van der Waals surface area contributed by atoms with E-state index < -0.39 is 5.82 Å². The number of amides is 1. The van der Waals surface area contributed by atoms with Gasteiger partial charge in [0.05, 0.1) is 32.6 Å². The lowest BCUT2D eigenvalue weighted by atomic mass is 10.1. The fourth-order valence-corrected chi connectivity index (χ4v) is 3.41. The van der Waals surface area contributed by atoms with Gasteiger partial charge in [-0.2, -0.15) is 0 Å². The standard InChI is InChI=1S/C25H21FN2O4/c1-30-18-11-9-17(10-12-18)28-24(19-6-4-5-7-20(19)26)27-21(25(28)29)14-16-8-13-22(31-2)23(15-16)32-3/h4-15H,1-3H3/b21-14+. The van der Waals surface area contributed by atoms with Crippen molar-refractivity contribution in [2.24, 2.45) is 4.99 Å². The lowest BCUT2D eigenvalue weighted by Gasteiger charge is -2.19. The minimum atomic E-state index is -0.468. The first-order chi connectivity index (χ1) is 15.5. The van der Waals surface area contributed by atoms with Crippen LogP contribution < -0.4 is 19.1 Å². The number of methoxy groups -OCH3 is 3. The third-order valence-corrected chi connectivity index (χ3v) is 5.02. The number of halogens is 1. The first-order valence-corrected chi connectivity index (χ1v) is 9.81. The zero-order chi connectivity index (χ0) is 22.7. The highest BCUT2D eigenvalue weighted by Gasteiger charge is 2.33. The van der Waals surface area contributed by atoms with Gasteiger partial charge in [0.2, 0.25) is 0 Å². The van der Waals surface area contributed by atoms with Crippen molar-refractivity contribution in [1.29, 1.82) is 0 Å². The molecule has 4 rings (SSSR count). The molecule has 162 valence electrons. The smallest absolute Gasteiger partial charge is 0.282 e. The number of anilines is 1. The van der Waals surface area contributed by atoms with Crippen molar-refractivity contribution in [3.05, 3.63) is 89.4 Å². The molecule has 7 heteroatoms. The van der Waals surface area contributed by atoms with E-state index in [9.17, 15) is 9.18 Å². The van der Waals surface area contributed by atoms with E-state index in [0.717, 1.165) is 0 Å². The molecular weight excluding hydrogens is 411 g/mol. The Balaban J connectivity index is 1.81. The predicted octanol–water partition coefficient (Wildman–Crippen LogP) is 4.69. The Morgan fingerprint density at radius 2 is 1.59 bits per heavy atom. The molecule has 3 aromatic rings. The highest BCUT2D eigenvalue weighted by Crippen LogP contribution is 2.32. The average Bonchev–Trinajstić information content (AvgIpc) is 3.14. The molecule has 3 aromatic carbocycles. The van der Waals surface area contributed by atoms with E-state index in [-0.39, 0.29) is 23.0 Å². The summed E-state index contributed by atoms with van der Waals surface area (Å²) in [4.78, 5) is 19.3. The van der Waals surface area contributed by atoms with Gasteiger partial charge in [-0.25, -0.2) is 9.38 Å². The number of carbonyl (C=O) groups excluding carboxylic acids is 1. The summed E-state index contributed by atoms with van der Waals surface area (Å²) in [5, 5.41) is 0. The Hall–Kier alpha value is -4.13. The highest BCUT2D eigenvalue weighted by atomic mass is 19.1. The third kappa shape index (κ3) is 3.92. The molecule has 0 radical (unpaired) electrons. The number of carbonyl (C=O) groups is 1. The first kappa shape index (κ1) is 21.1. The van der Waals surface area contributed by atoms with Gasteiger partial charge in [0, 0.05) is 0 Å². The van der Waals surface area contributed by atoms with E-state index in [1.165, 1.54) is 18.1 Å². The van der Waals surface area contributed by atoms with Crippen molar-refractivity contribution >= 4 is 23.5 Å². The van der Waals surface area contributed by atoms with Gasteiger partial charge in [-0.05, 0) is 60.2 Å². The molecule has 1 amide bonds. The van der Waals surface area contributed by atoms with Crippen LogP contribution in [0.2, 0.25) is 0 Å². The Bertz CT molecular complexity index is 1220. The summed E-state index contributed by atoms with van der Waals surface area (Å²) < 4.78 is 30.4. The zero-order valence-electron chi connectivity index (χ0n) is 17.8. The number of aliphatic imine (C=N–C) groups is 1. The molecule has 0 atom stereocenters. The summed E-state index contributed by atoms with van der Waals surface area (Å²) in [6, 6.07) is 18.4. The van der Waals surface area contributed by atoms with Crippen LogP contribution in [0.25, 0.3) is 6.08 Å². The van der Waals surface area contributed by atoms with Crippen molar-refractivity contribution in [3.8, 4) is 17.2 Å². The van der Waals surface area contributed by atoms with Gasteiger partial charge in [-0.3, -0.25) is 9.69 Å². The third-order valence-electron chi connectivity index (χ3n) is 5.02. The Kier molecular flexibility index (Phi) is 5.89. The predicted molar refractivity (Wildman–Crippen MR) is 121 cm³/mol. The van der Waals surface area contributed by atoms with Gasteiger partial charge in [-0.1, -0.05) is 18.2 Å². The van der Waals surface area contributed by atoms with Crippen LogP contribution in [0, 0.1) is 5.82 Å². The van der Waals surface area contributed by atoms with Gasteiger partial charge in [0.15, 0.2) is 17.3 Å². The minimum absolute atomic E-state index is 0.172. The molecule has 0 spiro atoms. The van der Waals surface area contributed by atoms with Crippen LogP contribution >= 0.6 is 0 Å². The molecule has 0 saturated carbocycles. The van der Waals surface area contributed by atoms with E-state index in [0.29, 0.717) is 28.5 Å². The summed E-state index contributed by atoms with van der Waals surface area (Å²) in [7, 11) is 4.65. The normalized spacial score (nSPS) is 14.5. The number of amidine groups is 1. The number of hydrogen-bond acceptors (Lipinski definition) is 5. The second kappa shape index (κ2) is 8.93. The number of ether oxygens (including phenoxy) is 3. The molecule has 0 N–H and O–H groups in total. The van der Waals surface area contributed by atoms with Gasteiger partial charge >= 0.3 is 0 Å². The maximum absolute atomic E-state index is 14.6. The monoisotopic (exact) mass is 432 g/mol. The number of rotatable bonds is 6. The van der Waals surface area contributed by atoms with E-state index in [2.05, 4.69) is 4.99 Å². The quantitative estimate of drug-likeness (QED) is 0.531. The minimum Gasteiger partial charge on any atom is -0.497 e. The number of nitrogens with zero attached hydrogens (tertiary/aromatic N) is 2. The Morgan fingerprint density at radius 1 is 0.875 bits per heavy atom. The van der Waals surface area contributed by atoms with Crippen LogP contribution in [0.5, 0.6) is 17.2 Å². The van der Waals surface area contributed by atoms with Crippen LogP contribution in [0.15, 0.2) is 77.4 Å². The molecular formula is C25H21FN2O4. The summed E-state index contributed by atoms with van der Waals surface area (Å²) in [6.45, 7) is 0. The molecule has 1 heterocycles. The maximum atomic E-state index is 14.6. The average molecular weight is 432 g/mol. The summed E-state index contributed by atoms with van der Waals surface area (Å²) in [6.07, 6.45) is 1.63. The number of hydrogen-bond donors (Lipinski definition) is 0. The summed E-state index contributed by atoms with van der Waals surface area (Å²) in [5.41, 5.74) is 1.64. The molecule has 0 saturated heterocycles. The molecule has 1 aliphatic rings. The van der Waals surface area contributed by atoms with Crippen LogP contribution in [-0.4, -0.2) is 33.1 Å². The molecule has 0 unspecified atom stereocenters. The molecule has 0 aliphatic carbocycles. The van der Waals surface area contributed by atoms with Crippen molar-refractivity contribution in [3.63, 3.8) is 0 Å². The highest BCUT2D eigenvalue weighted by molar-refractivity contribution is 6.33. The van der Waals surface area contributed by atoms with Crippen molar-refractivity contribution in [2.45, 2.75) is 0 Å². The lowest BCUT2D eigenvalue weighted by Crippen LogP contribution is -2.33. The van der Waals surface area contributed by atoms with Gasteiger partial charge in [0.1, 0.15) is 17.3 Å². The van der Waals surface area contributed by atoms with Gasteiger partial charge in [0.25, 0.3) is 5.91 Å². The van der Waals surface area contributed by atoms with E-state index in [1.54, 1.807) is 81.0 Å². The fourth-order valence-electron chi connectivity index (χ4n) is 3.41. The van der Waals surface area contributed by atoms with Crippen LogP contribution in [0.1, 0.15) is 11.1 Å². The second-order valence-corrected chi connectivity index (χ2v) is 6.90. The lowest BCUT2D eigenvalue weighted by molar-refractivity contribution is -0.113. The van der Waals surface area contributed by atoms with Crippen LogP contribution in [-0.2, 0) is 4.79 Å². The Labute approximate surface area is 185 Å². The molecule has 0 fully saturated rings. The molecule has 1 aliphatic heterocycles. The van der Waals surface area contributed by atoms with Gasteiger partial charge in [-0.15, -0.1) is 0 Å². The largest absolute Gasteiger partial charge is 0.497 e. The van der Waals surface area contributed by atoms with E-state index >= 15 is 0 Å². The Morgan fingerprint density at radius 3 is 2.25 bits per heavy atom. The molecule has 0 bridgehead atoms. The molecule has 6 nitrogen and oxygen atoms in total. The zero-order valence-corrected chi connectivity index (χ0v) is 17.8. The second-order valence-electron chi connectivity index (χ2n) is 6.90. The van der Waals surface area contributed by atoms with E-state index in [1.807, 2.05) is 0 Å². The fraction of sp³-hybridized carbons (Fsp3) is 0.120. The first-order valence-electron chi connectivity index (χ1n) is 9.81. The van der Waals surface area contributed by atoms with Crippen LogP contribution in [0.3, 0.4) is 0 Å². The van der Waals surface area contributed by atoms with E-state index in [4.69, 9.17) is 14.2 Å². The van der Waals surface area contributed by atoms with Crippen molar-refractivity contribution < 1.29 is 23.4 Å². The molecule has 32 heavy (non-hydrogen) atoms. The van der Waals surface area contributed by atoms with Crippen molar-refractivity contribution in [2.75, 3.05) is 26.2 Å². The number of benzene rings is 3.